The minimum atomic E-state index is 0.588. The topological polar surface area (TPSA) is 0 Å². The predicted octanol–water partition coefficient (Wildman–Crippen LogP) is 8.01. The fourth-order valence-electron chi connectivity index (χ4n) is 4.88. The number of benzene rings is 2. The molecular weight excluding hydrogens is 336 g/mol. The molecule has 0 nitrogen and oxygen atoms in total. The van der Waals surface area contributed by atoms with E-state index in [9.17, 15) is 0 Å². The Hall–Kier alpha value is -1.82. The highest BCUT2D eigenvalue weighted by Gasteiger charge is 2.32. The molecule has 1 aliphatic carbocycles. The molecule has 0 saturated carbocycles. The van der Waals surface area contributed by atoms with E-state index in [4.69, 9.17) is 0 Å². The molecule has 0 saturated heterocycles. The zero-order valence-corrected chi connectivity index (χ0v) is 18.8. The smallest absolute Gasteiger partial charge is 0.00521 e. The summed E-state index contributed by atoms with van der Waals surface area (Å²) in [6.45, 7) is 13.8. The lowest BCUT2D eigenvalue weighted by Gasteiger charge is -2.24. The van der Waals surface area contributed by atoms with Crippen LogP contribution in [0.2, 0.25) is 0 Å². The van der Waals surface area contributed by atoms with Gasteiger partial charge in [-0.2, -0.15) is 0 Å². The van der Waals surface area contributed by atoms with Crippen molar-refractivity contribution in [1.29, 1.82) is 0 Å². The summed E-state index contributed by atoms with van der Waals surface area (Å²) in [7, 11) is 0. The lowest BCUT2D eigenvalue weighted by Crippen LogP contribution is -2.10. The molecular formula is C28H38. The second-order valence-corrected chi connectivity index (χ2v) is 9.07. The number of allylic oxidation sites excluding steroid dienone is 1. The second kappa shape index (κ2) is 9.12. The van der Waals surface area contributed by atoms with Crippen molar-refractivity contribution in [2.24, 2.45) is 5.92 Å². The first kappa shape index (κ1) is 20.9. The Morgan fingerprint density at radius 2 is 1.82 bits per heavy atom. The van der Waals surface area contributed by atoms with Gasteiger partial charge in [0.2, 0.25) is 0 Å². The molecule has 1 aliphatic rings. The standard InChI is InChI=1S/C28H38/c1-7-9-10-26-25(14-11-19(3)4)22(8-2)13-16-27(26)28-18-23-17-20(5)12-15-24(23)21(28)6/h11-17,19,21,28H,7-10,18H2,1-6H3/b14-11-. The molecule has 0 radical (unpaired) electrons. The average molecular weight is 375 g/mol. The number of aryl methyl sites for hydroxylation is 2. The Balaban J connectivity index is 2.09. The van der Waals surface area contributed by atoms with Crippen LogP contribution in [0.5, 0.6) is 0 Å². The minimum absolute atomic E-state index is 0.588. The van der Waals surface area contributed by atoms with Crippen LogP contribution in [0.15, 0.2) is 36.4 Å². The Kier molecular flexibility index (Phi) is 6.81. The molecule has 0 fully saturated rings. The molecule has 0 aliphatic heterocycles. The van der Waals surface area contributed by atoms with Crippen LogP contribution < -0.4 is 0 Å². The fraction of sp³-hybridized carbons (Fsp3) is 0.500. The van der Waals surface area contributed by atoms with E-state index in [1.54, 1.807) is 22.3 Å². The molecule has 2 aromatic carbocycles. The van der Waals surface area contributed by atoms with Crippen molar-refractivity contribution in [3.63, 3.8) is 0 Å². The Morgan fingerprint density at radius 3 is 2.50 bits per heavy atom. The number of hydrogen-bond donors (Lipinski definition) is 0. The number of unbranched alkanes of at least 4 members (excludes halogenated alkanes) is 1. The van der Waals surface area contributed by atoms with Gasteiger partial charge in [-0.05, 0) is 83.7 Å². The minimum Gasteiger partial charge on any atom is -0.0814 e. The van der Waals surface area contributed by atoms with Crippen molar-refractivity contribution in [3.05, 3.63) is 75.4 Å². The number of hydrogen-bond acceptors (Lipinski definition) is 0. The van der Waals surface area contributed by atoms with Gasteiger partial charge in [0.25, 0.3) is 0 Å². The third-order valence-electron chi connectivity index (χ3n) is 6.52. The quantitative estimate of drug-likeness (QED) is 0.460. The van der Waals surface area contributed by atoms with Crippen molar-refractivity contribution in [2.75, 3.05) is 0 Å². The van der Waals surface area contributed by atoms with Gasteiger partial charge in [0.15, 0.2) is 0 Å². The first-order valence-electron chi connectivity index (χ1n) is 11.4. The van der Waals surface area contributed by atoms with E-state index in [0.29, 0.717) is 17.8 Å². The molecule has 0 bridgehead atoms. The van der Waals surface area contributed by atoms with Crippen LogP contribution in [0.25, 0.3) is 6.08 Å². The van der Waals surface area contributed by atoms with Gasteiger partial charge in [-0.1, -0.05) is 89.1 Å². The maximum absolute atomic E-state index is 2.47. The summed E-state index contributed by atoms with van der Waals surface area (Å²) in [6.07, 6.45) is 10.8. The van der Waals surface area contributed by atoms with Gasteiger partial charge in [0, 0.05) is 0 Å². The average Bonchev–Trinajstić information content (AvgIpc) is 2.99. The summed E-state index contributed by atoms with van der Waals surface area (Å²) in [5.74, 6) is 1.80. The molecule has 150 valence electrons. The Labute approximate surface area is 173 Å². The number of rotatable bonds is 7. The summed E-state index contributed by atoms with van der Waals surface area (Å²) in [4.78, 5) is 0. The summed E-state index contributed by atoms with van der Waals surface area (Å²) in [5.41, 5.74) is 10.8. The molecule has 2 aromatic rings. The predicted molar refractivity (Wildman–Crippen MR) is 124 cm³/mol. The van der Waals surface area contributed by atoms with Crippen LogP contribution >= 0.6 is 0 Å². The zero-order chi connectivity index (χ0) is 20.3. The van der Waals surface area contributed by atoms with Crippen LogP contribution in [-0.2, 0) is 19.3 Å². The first-order valence-corrected chi connectivity index (χ1v) is 11.4. The highest BCUT2D eigenvalue weighted by molar-refractivity contribution is 5.62. The second-order valence-electron chi connectivity index (χ2n) is 9.07. The molecule has 0 heterocycles. The van der Waals surface area contributed by atoms with Gasteiger partial charge >= 0.3 is 0 Å². The summed E-state index contributed by atoms with van der Waals surface area (Å²) >= 11 is 0. The van der Waals surface area contributed by atoms with E-state index in [0.717, 1.165) is 6.42 Å². The van der Waals surface area contributed by atoms with E-state index >= 15 is 0 Å². The Bertz CT molecular complexity index is 837. The van der Waals surface area contributed by atoms with Crippen LogP contribution in [-0.4, -0.2) is 0 Å². The normalized spacial score (nSPS) is 19.0. The van der Waals surface area contributed by atoms with Gasteiger partial charge in [-0.15, -0.1) is 0 Å². The third-order valence-corrected chi connectivity index (χ3v) is 6.52. The van der Waals surface area contributed by atoms with Crippen molar-refractivity contribution >= 4 is 6.08 Å². The molecule has 2 atom stereocenters. The maximum Gasteiger partial charge on any atom is -0.00521 e. The molecule has 0 amide bonds. The van der Waals surface area contributed by atoms with Crippen molar-refractivity contribution in [2.45, 2.75) is 85.5 Å². The van der Waals surface area contributed by atoms with E-state index in [1.165, 1.54) is 42.4 Å². The SMILES string of the molecule is CCCCc1c(C2Cc3cc(C)ccc3C2C)ccc(CC)c1/C=C\C(C)C. The molecule has 0 heteroatoms. The molecule has 28 heavy (non-hydrogen) atoms. The van der Waals surface area contributed by atoms with Crippen LogP contribution in [0.1, 0.15) is 98.2 Å². The van der Waals surface area contributed by atoms with Crippen LogP contribution in [0.4, 0.5) is 0 Å². The Morgan fingerprint density at radius 1 is 1.07 bits per heavy atom. The van der Waals surface area contributed by atoms with Gasteiger partial charge in [-0.25, -0.2) is 0 Å². The molecule has 3 rings (SSSR count). The van der Waals surface area contributed by atoms with Gasteiger partial charge < -0.3 is 0 Å². The largest absolute Gasteiger partial charge is 0.0814 e. The summed E-state index contributed by atoms with van der Waals surface area (Å²) < 4.78 is 0. The van der Waals surface area contributed by atoms with E-state index < -0.39 is 0 Å². The van der Waals surface area contributed by atoms with Gasteiger partial charge in [0.1, 0.15) is 0 Å². The highest BCUT2D eigenvalue weighted by Crippen LogP contribution is 2.46. The van der Waals surface area contributed by atoms with Crippen LogP contribution in [0.3, 0.4) is 0 Å². The van der Waals surface area contributed by atoms with E-state index in [2.05, 4.69) is 84.0 Å². The van der Waals surface area contributed by atoms with E-state index in [-0.39, 0.29) is 0 Å². The lowest BCUT2D eigenvalue weighted by molar-refractivity contribution is 0.616. The van der Waals surface area contributed by atoms with Crippen LogP contribution in [0, 0.1) is 12.8 Å². The van der Waals surface area contributed by atoms with Gasteiger partial charge in [0.05, 0.1) is 0 Å². The molecule has 0 spiro atoms. The lowest BCUT2D eigenvalue weighted by atomic mass is 9.80. The molecule has 0 aromatic heterocycles. The molecule has 0 N–H and O–H groups in total. The molecule has 2 unspecified atom stereocenters. The monoisotopic (exact) mass is 374 g/mol. The first-order chi connectivity index (χ1) is 13.5. The third kappa shape index (κ3) is 4.27. The van der Waals surface area contributed by atoms with Crippen molar-refractivity contribution in [1.82, 2.24) is 0 Å². The summed E-state index contributed by atoms with van der Waals surface area (Å²) in [5, 5.41) is 0. The summed E-state index contributed by atoms with van der Waals surface area (Å²) in [6, 6.07) is 12.0. The fourth-order valence-corrected chi connectivity index (χ4v) is 4.88. The maximum atomic E-state index is 2.47. The highest BCUT2D eigenvalue weighted by atomic mass is 14.4. The van der Waals surface area contributed by atoms with E-state index in [1.807, 2.05) is 0 Å². The zero-order valence-electron chi connectivity index (χ0n) is 18.8. The number of fused-ring (bicyclic) bond motifs is 1. The van der Waals surface area contributed by atoms with Crippen molar-refractivity contribution < 1.29 is 0 Å². The van der Waals surface area contributed by atoms with Crippen molar-refractivity contribution in [3.8, 4) is 0 Å². The van der Waals surface area contributed by atoms with Gasteiger partial charge in [-0.3, -0.25) is 0 Å².